The van der Waals surface area contributed by atoms with Crippen LogP contribution < -0.4 is 5.32 Å². The molecule has 1 N–H and O–H groups in total. The molecule has 16 heavy (non-hydrogen) atoms. The summed E-state index contributed by atoms with van der Waals surface area (Å²) in [6.45, 7) is 17.2. The molecule has 0 aromatic rings. The highest BCUT2D eigenvalue weighted by molar-refractivity contribution is 4.73. The molecule has 1 atom stereocenters. The van der Waals surface area contributed by atoms with Crippen LogP contribution in [-0.2, 0) is 4.74 Å². The van der Waals surface area contributed by atoms with E-state index in [0.29, 0.717) is 0 Å². The van der Waals surface area contributed by atoms with E-state index in [1.165, 1.54) is 6.42 Å². The van der Waals surface area contributed by atoms with Crippen molar-refractivity contribution in [1.29, 1.82) is 0 Å². The zero-order valence-corrected chi connectivity index (χ0v) is 12.3. The first kappa shape index (κ1) is 15.9. The van der Waals surface area contributed by atoms with E-state index in [9.17, 15) is 0 Å². The van der Waals surface area contributed by atoms with Crippen LogP contribution in [0.4, 0.5) is 0 Å². The molecule has 0 aromatic heterocycles. The maximum atomic E-state index is 5.77. The van der Waals surface area contributed by atoms with Crippen LogP contribution in [0.25, 0.3) is 0 Å². The predicted octanol–water partition coefficient (Wildman–Crippen LogP) is 3.61. The summed E-state index contributed by atoms with van der Waals surface area (Å²) in [6.07, 6.45) is 2.37. The Morgan fingerprint density at radius 3 is 2.00 bits per heavy atom. The van der Waals surface area contributed by atoms with Crippen molar-refractivity contribution < 1.29 is 4.74 Å². The molecule has 0 aliphatic carbocycles. The molecule has 0 heterocycles. The maximum Gasteiger partial charge on any atom is 0.0598 e. The van der Waals surface area contributed by atoms with Gasteiger partial charge in [-0.25, -0.2) is 0 Å². The lowest BCUT2D eigenvalue weighted by Crippen LogP contribution is -2.39. The first-order valence-electron chi connectivity index (χ1n) is 6.53. The Morgan fingerprint density at radius 2 is 1.62 bits per heavy atom. The van der Waals surface area contributed by atoms with Gasteiger partial charge in [-0.3, -0.25) is 0 Å². The van der Waals surface area contributed by atoms with Crippen LogP contribution in [0.5, 0.6) is 0 Å². The standard InChI is InChI=1S/C14H31NO/c1-8-12(11-15-13(2,3)4)9-10-16-14(5,6)7/h12,15H,8-11H2,1-7H3. The second kappa shape index (κ2) is 6.61. The minimum atomic E-state index is -0.00422. The van der Waals surface area contributed by atoms with Crippen LogP contribution in [0.15, 0.2) is 0 Å². The molecule has 98 valence electrons. The second-order valence-electron chi connectivity index (χ2n) is 6.65. The molecule has 0 aliphatic rings. The summed E-state index contributed by atoms with van der Waals surface area (Å²) in [5.41, 5.74) is 0.216. The highest BCUT2D eigenvalue weighted by atomic mass is 16.5. The lowest BCUT2D eigenvalue weighted by Gasteiger charge is -2.26. The van der Waals surface area contributed by atoms with Gasteiger partial charge in [-0.1, -0.05) is 13.3 Å². The number of rotatable bonds is 6. The Kier molecular flexibility index (Phi) is 6.57. The smallest absolute Gasteiger partial charge is 0.0598 e. The zero-order valence-electron chi connectivity index (χ0n) is 12.3. The van der Waals surface area contributed by atoms with E-state index in [1.807, 2.05) is 0 Å². The largest absolute Gasteiger partial charge is 0.376 e. The highest BCUT2D eigenvalue weighted by Crippen LogP contribution is 2.13. The van der Waals surface area contributed by atoms with Gasteiger partial charge < -0.3 is 10.1 Å². The molecule has 0 amide bonds. The van der Waals surface area contributed by atoms with Crippen LogP contribution in [0.3, 0.4) is 0 Å². The monoisotopic (exact) mass is 229 g/mol. The molecule has 0 bridgehead atoms. The summed E-state index contributed by atoms with van der Waals surface area (Å²) in [6, 6.07) is 0. The maximum absolute atomic E-state index is 5.77. The van der Waals surface area contributed by atoms with Gasteiger partial charge in [-0.15, -0.1) is 0 Å². The minimum Gasteiger partial charge on any atom is -0.376 e. The molecule has 0 saturated carbocycles. The SMILES string of the molecule is CCC(CCOC(C)(C)C)CNC(C)(C)C. The van der Waals surface area contributed by atoms with Gasteiger partial charge in [-0.2, -0.15) is 0 Å². The van der Waals surface area contributed by atoms with Gasteiger partial charge >= 0.3 is 0 Å². The molecule has 2 nitrogen and oxygen atoms in total. The predicted molar refractivity (Wildman–Crippen MR) is 71.9 cm³/mol. The van der Waals surface area contributed by atoms with Crippen molar-refractivity contribution in [1.82, 2.24) is 5.32 Å². The summed E-state index contributed by atoms with van der Waals surface area (Å²) in [7, 11) is 0. The van der Waals surface area contributed by atoms with Crippen molar-refractivity contribution in [2.75, 3.05) is 13.2 Å². The summed E-state index contributed by atoms with van der Waals surface area (Å²) < 4.78 is 5.77. The molecule has 1 unspecified atom stereocenters. The van der Waals surface area contributed by atoms with E-state index in [-0.39, 0.29) is 11.1 Å². The van der Waals surface area contributed by atoms with Gasteiger partial charge in [0, 0.05) is 12.1 Å². The Hall–Kier alpha value is -0.0800. The first-order chi connectivity index (χ1) is 7.14. The Morgan fingerprint density at radius 1 is 1.06 bits per heavy atom. The van der Waals surface area contributed by atoms with Crippen LogP contribution >= 0.6 is 0 Å². The quantitative estimate of drug-likeness (QED) is 0.751. The van der Waals surface area contributed by atoms with Gasteiger partial charge in [0.25, 0.3) is 0 Å². The van der Waals surface area contributed by atoms with Gasteiger partial charge in [-0.05, 0) is 60.4 Å². The molecule has 0 spiro atoms. The summed E-state index contributed by atoms with van der Waals surface area (Å²) in [5.74, 6) is 0.724. The topological polar surface area (TPSA) is 21.3 Å². The average molecular weight is 229 g/mol. The van der Waals surface area contributed by atoms with Crippen LogP contribution in [-0.4, -0.2) is 24.3 Å². The molecule has 0 radical (unpaired) electrons. The molecule has 0 aliphatic heterocycles. The van der Waals surface area contributed by atoms with Gasteiger partial charge in [0.1, 0.15) is 0 Å². The van der Waals surface area contributed by atoms with Crippen LogP contribution in [0, 0.1) is 5.92 Å². The molecular formula is C14H31NO. The van der Waals surface area contributed by atoms with Crippen molar-refractivity contribution in [2.24, 2.45) is 5.92 Å². The number of ether oxygens (including phenoxy) is 1. The van der Waals surface area contributed by atoms with Crippen molar-refractivity contribution in [3.63, 3.8) is 0 Å². The molecule has 0 rings (SSSR count). The van der Waals surface area contributed by atoms with Crippen LogP contribution in [0.2, 0.25) is 0 Å². The molecule has 0 saturated heterocycles. The van der Waals surface area contributed by atoms with E-state index in [1.54, 1.807) is 0 Å². The third-order valence-electron chi connectivity index (χ3n) is 2.56. The minimum absolute atomic E-state index is 0.00422. The molecule has 0 fully saturated rings. The Labute approximate surface area is 102 Å². The average Bonchev–Trinajstić information content (AvgIpc) is 2.07. The second-order valence-corrected chi connectivity index (χ2v) is 6.65. The van der Waals surface area contributed by atoms with Gasteiger partial charge in [0.05, 0.1) is 5.60 Å². The Bertz CT molecular complexity index is 176. The fourth-order valence-electron chi connectivity index (χ4n) is 1.43. The van der Waals surface area contributed by atoms with E-state index in [4.69, 9.17) is 4.74 Å². The van der Waals surface area contributed by atoms with Gasteiger partial charge in [0.2, 0.25) is 0 Å². The fraction of sp³-hybridized carbons (Fsp3) is 1.00. The van der Waals surface area contributed by atoms with E-state index >= 15 is 0 Å². The third-order valence-corrected chi connectivity index (χ3v) is 2.56. The van der Waals surface area contributed by atoms with E-state index < -0.39 is 0 Å². The zero-order chi connectivity index (χ0) is 12.8. The first-order valence-corrected chi connectivity index (χ1v) is 6.53. The number of nitrogens with one attached hydrogen (secondary N) is 1. The summed E-state index contributed by atoms with van der Waals surface area (Å²) >= 11 is 0. The molecular weight excluding hydrogens is 198 g/mol. The fourth-order valence-corrected chi connectivity index (χ4v) is 1.43. The van der Waals surface area contributed by atoms with E-state index in [2.05, 4.69) is 53.8 Å². The Balaban J connectivity index is 3.76. The van der Waals surface area contributed by atoms with Crippen molar-refractivity contribution in [3.05, 3.63) is 0 Å². The van der Waals surface area contributed by atoms with Crippen LogP contribution in [0.1, 0.15) is 61.3 Å². The van der Waals surface area contributed by atoms with Crippen molar-refractivity contribution >= 4 is 0 Å². The summed E-state index contributed by atoms with van der Waals surface area (Å²) in [5, 5.41) is 3.56. The van der Waals surface area contributed by atoms with Gasteiger partial charge in [0.15, 0.2) is 0 Å². The van der Waals surface area contributed by atoms with E-state index in [0.717, 1.165) is 25.5 Å². The lowest BCUT2D eigenvalue weighted by atomic mass is 10.0. The normalized spacial score (nSPS) is 15.2. The molecule has 0 aromatic carbocycles. The highest BCUT2D eigenvalue weighted by Gasteiger charge is 2.15. The van der Waals surface area contributed by atoms with Crippen molar-refractivity contribution in [2.45, 2.75) is 72.4 Å². The number of hydrogen-bond acceptors (Lipinski definition) is 2. The summed E-state index contributed by atoms with van der Waals surface area (Å²) in [4.78, 5) is 0. The third kappa shape index (κ3) is 10.4. The lowest BCUT2D eigenvalue weighted by molar-refractivity contribution is -0.00962. The number of hydrogen-bond donors (Lipinski definition) is 1. The van der Waals surface area contributed by atoms with Crippen molar-refractivity contribution in [3.8, 4) is 0 Å². The molecule has 2 heteroatoms.